The van der Waals surface area contributed by atoms with Gasteiger partial charge in [0.15, 0.2) is 11.5 Å². The van der Waals surface area contributed by atoms with Gasteiger partial charge in [0.2, 0.25) is 0 Å². The highest BCUT2D eigenvalue weighted by atomic mass is 15.1. The molecule has 0 saturated heterocycles. The maximum absolute atomic E-state index is 6.06. The van der Waals surface area contributed by atoms with Crippen LogP contribution in [0.5, 0.6) is 0 Å². The average molecular weight is 462 g/mol. The van der Waals surface area contributed by atoms with Crippen molar-refractivity contribution in [1.82, 2.24) is 30.5 Å². The van der Waals surface area contributed by atoms with Crippen molar-refractivity contribution < 1.29 is 0 Å². The number of nitrogens with one attached hydrogen (secondary N) is 3. The Labute approximate surface area is 203 Å². The lowest BCUT2D eigenvalue weighted by Gasteiger charge is -2.08. The summed E-state index contributed by atoms with van der Waals surface area (Å²) in [5.74, 6) is 0.677. The second kappa shape index (κ2) is 10.2. The molecule has 35 heavy (non-hydrogen) atoms. The van der Waals surface area contributed by atoms with Crippen molar-refractivity contribution in [1.29, 1.82) is 0 Å². The maximum Gasteiger partial charge on any atom is 0.161 e. The molecule has 174 valence electrons. The van der Waals surface area contributed by atoms with Gasteiger partial charge in [-0.25, -0.2) is 9.97 Å². The summed E-state index contributed by atoms with van der Waals surface area (Å²) in [6.07, 6.45) is 7.76. The predicted octanol–water partition coefficient (Wildman–Crippen LogP) is 5.09. The van der Waals surface area contributed by atoms with Gasteiger partial charge in [0.05, 0.1) is 22.2 Å². The van der Waals surface area contributed by atoms with Crippen LogP contribution in [0.25, 0.3) is 39.2 Å². The van der Waals surface area contributed by atoms with Gasteiger partial charge in [0.25, 0.3) is 0 Å². The molecular weight excluding hydrogens is 434 g/mol. The zero-order valence-electron chi connectivity index (χ0n) is 19.5. The molecule has 0 aliphatic rings. The molecule has 5 aromatic rings. The van der Waals surface area contributed by atoms with Crippen LogP contribution < -0.4 is 11.1 Å². The van der Waals surface area contributed by atoms with Gasteiger partial charge in [0.1, 0.15) is 5.52 Å². The Morgan fingerprint density at radius 3 is 2.60 bits per heavy atom. The van der Waals surface area contributed by atoms with E-state index in [1.54, 1.807) is 6.20 Å². The topological polar surface area (TPSA) is 108 Å². The number of allylic oxidation sites excluding steroid dienone is 3. The maximum atomic E-state index is 6.06. The fourth-order valence-corrected chi connectivity index (χ4v) is 4.02. The molecule has 5 rings (SSSR count). The highest BCUT2D eigenvalue weighted by Crippen LogP contribution is 2.27. The summed E-state index contributed by atoms with van der Waals surface area (Å²) in [6, 6.07) is 22.2. The van der Waals surface area contributed by atoms with Crippen LogP contribution in [0.1, 0.15) is 18.2 Å². The number of aromatic amines is 2. The Bertz CT molecular complexity index is 1500. The largest absolute Gasteiger partial charge is 0.404 e. The number of hydrogen-bond acceptors (Lipinski definition) is 5. The van der Waals surface area contributed by atoms with E-state index in [1.165, 1.54) is 5.56 Å². The van der Waals surface area contributed by atoms with E-state index in [2.05, 4.69) is 49.8 Å². The molecule has 3 heterocycles. The van der Waals surface area contributed by atoms with Crippen LogP contribution in [0.3, 0.4) is 0 Å². The van der Waals surface area contributed by atoms with Crippen molar-refractivity contribution in [3.63, 3.8) is 0 Å². The Morgan fingerprint density at radius 2 is 1.80 bits per heavy atom. The van der Waals surface area contributed by atoms with Crippen molar-refractivity contribution in [2.75, 3.05) is 6.54 Å². The molecule has 0 aliphatic heterocycles. The Hall–Kier alpha value is -4.49. The van der Waals surface area contributed by atoms with E-state index >= 15 is 0 Å². The standard InChI is InChI=1S/C28H27N7/c1-2-8-20(18-30-17-19-9-4-3-5-10-19)15-21(16-29)22-13-14-25-26(31-22)27(35-34-25)28-32-23-11-6-7-12-24(23)33-28/h2-16,30H,17-18,29H2,1H3,(H,32,33)(H,34,35)/b8-2?,20-15+,21-16+. The third-order valence-electron chi connectivity index (χ3n) is 5.72. The predicted molar refractivity (Wildman–Crippen MR) is 142 cm³/mol. The summed E-state index contributed by atoms with van der Waals surface area (Å²) in [5.41, 5.74) is 14.1. The number of benzene rings is 2. The van der Waals surface area contributed by atoms with Gasteiger partial charge in [-0.15, -0.1) is 0 Å². The van der Waals surface area contributed by atoms with E-state index < -0.39 is 0 Å². The van der Waals surface area contributed by atoms with Gasteiger partial charge in [-0.2, -0.15) is 5.10 Å². The molecule has 7 heteroatoms. The first-order valence-electron chi connectivity index (χ1n) is 11.6. The number of nitrogens with two attached hydrogens (primary N) is 1. The average Bonchev–Trinajstić information content (AvgIpc) is 3.51. The zero-order chi connectivity index (χ0) is 24.0. The fraction of sp³-hybridized carbons (Fsp3) is 0.107. The van der Waals surface area contributed by atoms with Crippen LogP contribution in [0.4, 0.5) is 0 Å². The summed E-state index contributed by atoms with van der Waals surface area (Å²) in [6.45, 7) is 3.50. The second-order valence-electron chi connectivity index (χ2n) is 8.20. The molecule has 0 amide bonds. The quantitative estimate of drug-likeness (QED) is 0.241. The molecule has 7 nitrogen and oxygen atoms in total. The Balaban J connectivity index is 1.43. The van der Waals surface area contributed by atoms with E-state index in [9.17, 15) is 0 Å². The molecule has 3 aromatic heterocycles. The van der Waals surface area contributed by atoms with Crippen LogP contribution in [0, 0.1) is 0 Å². The van der Waals surface area contributed by atoms with Gasteiger partial charge < -0.3 is 16.0 Å². The minimum atomic E-state index is 0.677. The SMILES string of the molecule is CC=C/C(=C\C(=C/N)c1ccc2[nH]nc(-c3nc4ccccc4[nH]3)c2n1)CNCc1ccccc1. The monoisotopic (exact) mass is 461 g/mol. The van der Waals surface area contributed by atoms with Gasteiger partial charge in [0, 0.05) is 24.9 Å². The van der Waals surface area contributed by atoms with Crippen LogP contribution in [0.15, 0.2) is 96.7 Å². The molecule has 5 N–H and O–H groups in total. The summed E-state index contributed by atoms with van der Waals surface area (Å²) >= 11 is 0. The summed E-state index contributed by atoms with van der Waals surface area (Å²) in [4.78, 5) is 12.9. The highest BCUT2D eigenvalue weighted by molar-refractivity contribution is 5.91. The molecule has 0 unspecified atom stereocenters. The molecule has 2 aromatic carbocycles. The number of fused-ring (bicyclic) bond motifs is 2. The molecule has 0 spiro atoms. The zero-order valence-corrected chi connectivity index (χ0v) is 19.5. The van der Waals surface area contributed by atoms with Crippen molar-refractivity contribution in [2.24, 2.45) is 5.73 Å². The summed E-state index contributed by atoms with van der Waals surface area (Å²) in [5, 5.41) is 11.0. The molecule has 0 saturated carbocycles. The number of para-hydroxylation sites is 2. The van der Waals surface area contributed by atoms with Crippen LogP contribution >= 0.6 is 0 Å². The number of hydrogen-bond donors (Lipinski definition) is 4. The van der Waals surface area contributed by atoms with Gasteiger partial charge >= 0.3 is 0 Å². The first-order valence-corrected chi connectivity index (χ1v) is 11.6. The normalized spacial score (nSPS) is 12.8. The fourth-order valence-electron chi connectivity index (χ4n) is 4.02. The van der Waals surface area contributed by atoms with E-state index in [4.69, 9.17) is 10.7 Å². The first-order chi connectivity index (χ1) is 17.2. The number of rotatable bonds is 8. The van der Waals surface area contributed by atoms with Crippen molar-refractivity contribution in [2.45, 2.75) is 13.5 Å². The highest BCUT2D eigenvalue weighted by Gasteiger charge is 2.15. The number of nitrogens with zero attached hydrogens (tertiary/aromatic N) is 3. The third-order valence-corrected chi connectivity index (χ3v) is 5.72. The summed E-state index contributed by atoms with van der Waals surface area (Å²) in [7, 11) is 0. The molecular formula is C28H27N7. The lowest BCUT2D eigenvalue weighted by molar-refractivity contribution is 0.747. The molecule has 0 atom stereocenters. The van der Waals surface area contributed by atoms with Crippen LogP contribution in [-0.2, 0) is 6.54 Å². The van der Waals surface area contributed by atoms with Gasteiger partial charge in [-0.1, -0.05) is 54.6 Å². The molecule has 0 fully saturated rings. The molecule has 0 aliphatic carbocycles. The van der Waals surface area contributed by atoms with Crippen LogP contribution in [-0.4, -0.2) is 31.7 Å². The van der Waals surface area contributed by atoms with Crippen LogP contribution in [0.2, 0.25) is 0 Å². The van der Waals surface area contributed by atoms with Gasteiger partial charge in [-0.3, -0.25) is 5.10 Å². The van der Waals surface area contributed by atoms with Crippen molar-refractivity contribution >= 4 is 27.6 Å². The lowest BCUT2D eigenvalue weighted by atomic mass is 10.1. The minimum Gasteiger partial charge on any atom is -0.404 e. The number of H-pyrrole nitrogens is 2. The Morgan fingerprint density at radius 1 is 0.971 bits per heavy atom. The molecule has 0 bridgehead atoms. The smallest absolute Gasteiger partial charge is 0.161 e. The van der Waals surface area contributed by atoms with Crippen molar-refractivity contribution in [3.8, 4) is 11.5 Å². The van der Waals surface area contributed by atoms with Gasteiger partial charge in [-0.05, 0) is 48.4 Å². The van der Waals surface area contributed by atoms with E-state index in [-0.39, 0.29) is 0 Å². The number of pyridine rings is 1. The third kappa shape index (κ3) is 4.90. The molecule has 0 radical (unpaired) electrons. The first kappa shape index (κ1) is 22.3. The number of imidazole rings is 1. The van der Waals surface area contributed by atoms with Crippen molar-refractivity contribution in [3.05, 3.63) is 108 Å². The Kier molecular flexibility index (Phi) is 6.50. The minimum absolute atomic E-state index is 0.677. The van der Waals surface area contributed by atoms with E-state index in [0.29, 0.717) is 18.1 Å². The lowest BCUT2D eigenvalue weighted by Crippen LogP contribution is -2.16. The number of aromatic nitrogens is 5. The summed E-state index contributed by atoms with van der Waals surface area (Å²) < 4.78 is 0. The second-order valence-corrected chi connectivity index (χ2v) is 8.20. The van der Waals surface area contributed by atoms with E-state index in [0.717, 1.165) is 45.5 Å². The van der Waals surface area contributed by atoms with E-state index in [1.807, 2.05) is 67.6 Å².